The van der Waals surface area contributed by atoms with E-state index in [0.29, 0.717) is 37.7 Å². The molecule has 2 aromatic rings. The molecule has 1 fully saturated rings. The number of hydrogen-bond acceptors (Lipinski definition) is 5. The van der Waals surface area contributed by atoms with Crippen molar-refractivity contribution < 1.29 is 9.59 Å². The molecule has 1 saturated heterocycles. The van der Waals surface area contributed by atoms with Crippen LogP contribution in [-0.4, -0.2) is 58.5 Å². The number of hydrogen-bond donors (Lipinski definition) is 1. The molecule has 0 atom stereocenters. The first kappa shape index (κ1) is 16.4. The Labute approximate surface area is 147 Å². The van der Waals surface area contributed by atoms with E-state index < -0.39 is 0 Å². The monoisotopic (exact) mass is 389 g/mol. The van der Waals surface area contributed by atoms with Crippen LogP contribution in [0.1, 0.15) is 10.5 Å². The van der Waals surface area contributed by atoms with Crippen LogP contribution >= 0.6 is 15.9 Å². The molecule has 1 aromatic carbocycles. The molecule has 0 radical (unpaired) electrons. The summed E-state index contributed by atoms with van der Waals surface area (Å²) in [5.74, 6) is 0.405. The molecule has 0 unspecified atom stereocenters. The lowest BCUT2D eigenvalue weighted by Crippen LogP contribution is -2.48. The molecule has 0 spiro atoms. The zero-order valence-electron chi connectivity index (χ0n) is 12.9. The molecule has 0 aliphatic carbocycles. The van der Waals surface area contributed by atoms with Gasteiger partial charge in [0.25, 0.3) is 5.91 Å². The summed E-state index contributed by atoms with van der Waals surface area (Å²) >= 11 is 3.38. The first-order valence-electron chi connectivity index (χ1n) is 7.50. The highest BCUT2D eigenvalue weighted by atomic mass is 79.9. The maximum atomic E-state index is 12.4. The van der Waals surface area contributed by atoms with Crippen LogP contribution in [0.15, 0.2) is 40.9 Å². The number of carbonyl (C=O) groups excluding carboxylic acids is 2. The minimum absolute atomic E-state index is 0.164. The van der Waals surface area contributed by atoms with E-state index in [1.807, 2.05) is 24.3 Å². The lowest BCUT2D eigenvalue weighted by atomic mass is 10.2. The van der Waals surface area contributed by atoms with E-state index >= 15 is 0 Å². The van der Waals surface area contributed by atoms with Crippen molar-refractivity contribution >= 4 is 39.8 Å². The fourth-order valence-corrected chi connectivity index (χ4v) is 2.65. The second kappa shape index (κ2) is 7.39. The predicted octanol–water partition coefficient (Wildman–Crippen LogP) is 1.90. The number of amides is 2. The zero-order chi connectivity index (χ0) is 16.9. The molecule has 1 aliphatic rings. The lowest BCUT2D eigenvalue weighted by molar-refractivity contribution is -0.119. The Bertz CT molecular complexity index is 712. The fourth-order valence-electron chi connectivity index (χ4n) is 2.39. The Morgan fingerprint density at radius 1 is 1.04 bits per heavy atom. The van der Waals surface area contributed by atoms with Gasteiger partial charge in [-0.25, -0.2) is 0 Å². The van der Waals surface area contributed by atoms with Crippen molar-refractivity contribution in [3.05, 3.63) is 46.6 Å². The Morgan fingerprint density at radius 2 is 1.75 bits per heavy atom. The number of nitrogens with zero attached hydrogens (tertiary/aromatic N) is 4. The van der Waals surface area contributed by atoms with Gasteiger partial charge in [0.1, 0.15) is 0 Å². The summed E-state index contributed by atoms with van der Waals surface area (Å²) < 4.78 is 0.995. The van der Waals surface area contributed by atoms with Gasteiger partial charge in [0.2, 0.25) is 6.41 Å². The van der Waals surface area contributed by atoms with Gasteiger partial charge in [-0.2, -0.15) is 0 Å². The summed E-state index contributed by atoms with van der Waals surface area (Å²) in [5, 5.41) is 11.2. The highest BCUT2D eigenvalue weighted by Gasteiger charge is 2.22. The van der Waals surface area contributed by atoms with Crippen molar-refractivity contribution in [1.29, 1.82) is 0 Å². The van der Waals surface area contributed by atoms with Gasteiger partial charge >= 0.3 is 0 Å². The highest BCUT2D eigenvalue weighted by Crippen LogP contribution is 2.17. The largest absolute Gasteiger partial charge is 0.342 e. The highest BCUT2D eigenvalue weighted by molar-refractivity contribution is 9.10. The first-order chi connectivity index (χ1) is 11.7. The molecule has 2 amide bonds. The van der Waals surface area contributed by atoms with Gasteiger partial charge in [-0.15, -0.1) is 10.2 Å². The van der Waals surface area contributed by atoms with Crippen molar-refractivity contribution in [3.8, 4) is 0 Å². The van der Waals surface area contributed by atoms with Crippen LogP contribution < -0.4 is 5.32 Å². The molecule has 8 heteroatoms. The van der Waals surface area contributed by atoms with Crippen molar-refractivity contribution in [2.24, 2.45) is 0 Å². The molecule has 24 heavy (non-hydrogen) atoms. The maximum Gasteiger partial charge on any atom is 0.274 e. The Balaban J connectivity index is 1.62. The normalized spacial score (nSPS) is 14.4. The van der Waals surface area contributed by atoms with Crippen molar-refractivity contribution in [2.75, 3.05) is 31.5 Å². The van der Waals surface area contributed by atoms with E-state index in [2.05, 4.69) is 31.4 Å². The Kier molecular flexibility index (Phi) is 5.05. The van der Waals surface area contributed by atoms with Crippen LogP contribution in [-0.2, 0) is 4.79 Å². The van der Waals surface area contributed by atoms with Crippen molar-refractivity contribution in [1.82, 2.24) is 20.0 Å². The molecular weight excluding hydrogens is 374 g/mol. The van der Waals surface area contributed by atoms with E-state index in [-0.39, 0.29) is 5.91 Å². The summed E-state index contributed by atoms with van der Waals surface area (Å²) in [4.78, 5) is 26.4. The minimum atomic E-state index is -0.164. The molecule has 3 rings (SSSR count). The van der Waals surface area contributed by atoms with Gasteiger partial charge in [-0.1, -0.05) is 15.9 Å². The summed E-state index contributed by atoms with van der Waals surface area (Å²) in [6.45, 7) is 2.12. The molecule has 1 aromatic heterocycles. The Morgan fingerprint density at radius 3 is 2.33 bits per heavy atom. The SMILES string of the molecule is O=CN1CCN(C(=O)c2ccc(Nc3ccc(Br)cc3)nn2)CC1. The maximum absolute atomic E-state index is 12.4. The first-order valence-corrected chi connectivity index (χ1v) is 8.30. The molecule has 1 aliphatic heterocycles. The molecule has 7 nitrogen and oxygen atoms in total. The van der Waals surface area contributed by atoms with Crippen LogP contribution in [0, 0.1) is 0 Å². The van der Waals surface area contributed by atoms with Crippen LogP contribution in [0.5, 0.6) is 0 Å². The van der Waals surface area contributed by atoms with E-state index in [9.17, 15) is 9.59 Å². The zero-order valence-corrected chi connectivity index (χ0v) is 14.4. The van der Waals surface area contributed by atoms with Gasteiger partial charge in [0.05, 0.1) is 0 Å². The third kappa shape index (κ3) is 3.88. The topological polar surface area (TPSA) is 78.4 Å². The number of nitrogens with one attached hydrogen (secondary N) is 1. The summed E-state index contributed by atoms with van der Waals surface area (Å²) in [7, 11) is 0. The van der Waals surface area contributed by atoms with E-state index in [1.54, 1.807) is 21.9 Å². The number of halogens is 1. The number of carbonyl (C=O) groups is 2. The molecule has 124 valence electrons. The fraction of sp³-hybridized carbons (Fsp3) is 0.250. The van der Waals surface area contributed by atoms with Gasteiger partial charge in [-0.05, 0) is 36.4 Å². The van der Waals surface area contributed by atoms with Gasteiger partial charge in [0.15, 0.2) is 11.5 Å². The minimum Gasteiger partial charge on any atom is -0.342 e. The summed E-state index contributed by atoms with van der Waals surface area (Å²) in [6, 6.07) is 11.1. The quantitative estimate of drug-likeness (QED) is 0.807. The second-order valence-corrected chi connectivity index (χ2v) is 6.28. The lowest BCUT2D eigenvalue weighted by Gasteiger charge is -2.32. The molecule has 0 bridgehead atoms. The van der Waals surface area contributed by atoms with Crippen LogP contribution in [0.4, 0.5) is 11.5 Å². The molecule has 2 heterocycles. The average molecular weight is 390 g/mol. The smallest absolute Gasteiger partial charge is 0.274 e. The van der Waals surface area contributed by atoms with Crippen molar-refractivity contribution in [2.45, 2.75) is 0 Å². The standard InChI is InChI=1S/C16H16BrN5O2/c17-12-1-3-13(4-2-12)18-15-6-5-14(19-20-15)16(24)22-9-7-21(11-23)8-10-22/h1-6,11H,7-10H2,(H,18,20). The van der Waals surface area contributed by atoms with Gasteiger partial charge in [-0.3, -0.25) is 9.59 Å². The Hall–Kier alpha value is -2.48. The van der Waals surface area contributed by atoms with Crippen LogP contribution in [0.2, 0.25) is 0 Å². The van der Waals surface area contributed by atoms with Gasteiger partial charge in [0, 0.05) is 36.3 Å². The number of aromatic nitrogens is 2. The van der Waals surface area contributed by atoms with Crippen LogP contribution in [0.3, 0.4) is 0 Å². The molecular formula is C16H16BrN5O2. The molecule has 1 N–H and O–H groups in total. The van der Waals surface area contributed by atoms with Crippen molar-refractivity contribution in [3.63, 3.8) is 0 Å². The number of rotatable bonds is 4. The number of benzene rings is 1. The van der Waals surface area contributed by atoms with E-state index in [0.717, 1.165) is 16.6 Å². The average Bonchev–Trinajstić information content (AvgIpc) is 2.64. The summed E-state index contributed by atoms with van der Waals surface area (Å²) in [6.07, 6.45) is 0.810. The number of anilines is 2. The van der Waals surface area contributed by atoms with E-state index in [4.69, 9.17) is 0 Å². The summed E-state index contributed by atoms with van der Waals surface area (Å²) in [5.41, 5.74) is 1.19. The third-order valence-electron chi connectivity index (χ3n) is 3.75. The van der Waals surface area contributed by atoms with Gasteiger partial charge < -0.3 is 15.1 Å². The van der Waals surface area contributed by atoms with Crippen LogP contribution in [0.25, 0.3) is 0 Å². The third-order valence-corrected chi connectivity index (χ3v) is 4.28. The number of piperazine rings is 1. The second-order valence-electron chi connectivity index (χ2n) is 5.37. The molecule has 0 saturated carbocycles. The van der Waals surface area contributed by atoms with E-state index in [1.165, 1.54) is 0 Å². The predicted molar refractivity (Wildman–Crippen MR) is 93.0 cm³/mol.